The summed E-state index contributed by atoms with van der Waals surface area (Å²) in [5.41, 5.74) is 3.38. The molecular weight excluding hydrogens is 394 g/mol. The summed E-state index contributed by atoms with van der Waals surface area (Å²) < 4.78 is 5.37. The molecule has 160 valence electrons. The number of aromatic nitrogens is 2. The third kappa shape index (κ3) is 5.16. The Labute approximate surface area is 180 Å². The van der Waals surface area contributed by atoms with E-state index in [1.54, 1.807) is 7.05 Å². The highest BCUT2D eigenvalue weighted by molar-refractivity contribution is 5.82. The number of carbonyl (C=O) groups excluding carboxylic acids is 2. The molecular formula is C23H25N5O3. The maximum absolute atomic E-state index is 12.4. The van der Waals surface area contributed by atoms with Crippen LogP contribution in [-0.4, -0.2) is 39.9 Å². The number of benzene rings is 2. The fourth-order valence-electron chi connectivity index (χ4n) is 3.77. The summed E-state index contributed by atoms with van der Waals surface area (Å²) in [5.74, 6) is 0.495. The zero-order valence-electron chi connectivity index (χ0n) is 17.4. The fourth-order valence-corrected chi connectivity index (χ4v) is 3.77. The average Bonchev–Trinajstić information content (AvgIpc) is 3.24. The molecule has 2 N–H and O–H groups in total. The SMILES string of the molecule is CNC(=O)C1Cc2ccccc2CN1Cc1nc(CC(=O)NCc2ccccc2)no1. The number of fused-ring (bicyclic) bond motifs is 1. The van der Waals surface area contributed by atoms with Crippen molar-refractivity contribution in [3.05, 3.63) is 83.0 Å². The van der Waals surface area contributed by atoms with Gasteiger partial charge >= 0.3 is 0 Å². The van der Waals surface area contributed by atoms with Crippen LogP contribution >= 0.6 is 0 Å². The van der Waals surface area contributed by atoms with Crippen LogP contribution in [0.2, 0.25) is 0 Å². The lowest BCUT2D eigenvalue weighted by atomic mass is 9.93. The first-order valence-electron chi connectivity index (χ1n) is 10.3. The lowest BCUT2D eigenvalue weighted by molar-refractivity contribution is -0.127. The molecule has 31 heavy (non-hydrogen) atoms. The van der Waals surface area contributed by atoms with Gasteiger partial charge in [-0.15, -0.1) is 0 Å². The van der Waals surface area contributed by atoms with Crippen LogP contribution < -0.4 is 10.6 Å². The molecule has 0 spiro atoms. The van der Waals surface area contributed by atoms with Crippen LogP contribution in [0.4, 0.5) is 0 Å². The van der Waals surface area contributed by atoms with Gasteiger partial charge in [0.1, 0.15) is 0 Å². The average molecular weight is 419 g/mol. The molecule has 1 unspecified atom stereocenters. The third-order valence-electron chi connectivity index (χ3n) is 5.39. The number of rotatable bonds is 7. The molecule has 8 heteroatoms. The number of hydrogen-bond acceptors (Lipinski definition) is 6. The molecule has 2 amide bonds. The van der Waals surface area contributed by atoms with Gasteiger partial charge in [-0.05, 0) is 23.1 Å². The first-order chi connectivity index (χ1) is 15.1. The molecule has 0 saturated carbocycles. The minimum absolute atomic E-state index is 0.0397. The Morgan fingerprint density at radius 3 is 2.61 bits per heavy atom. The molecule has 0 fully saturated rings. The minimum Gasteiger partial charge on any atom is -0.358 e. The maximum atomic E-state index is 12.4. The Morgan fingerprint density at radius 1 is 1.10 bits per heavy atom. The second kappa shape index (κ2) is 9.53. The predicted molar refractivity (Wildman–Crippen MR) is 114 cm³/mol. The second-order valence-corrected chi connectivity index (χ2v) is 7.55. The van der Waals surface area contributed by atoms with Crippen LogP contribution in [0.1, 0.15) is 28.4 Å². The van der Waals surface area contributed by atoms with Gasteiger partial charge in [0.15, 0.2) is 5.82 Å². The number of likely N-dealkylation sites (N-methyl/N-ethyl adjacent to an activating group) is 1. The van der Waals surface area contributed by atoms with Crippen molar-refractivity contribution in [1.82, 2.24) is 25.7 Å². The van der Waals surface area contributed by atoms with Crippen molar-refractivity contribution in [2.75, 3.05) is 7.05 Å². The predicted octanol–water partition coefficient (Wildman–Crippen LogP) is 1.60. The van der Waals surface area contributed by atoms with Crippen molar-refractivity contribution in [2.24, 2.45) is 0 Å². The molecule has 2 aromatic carbocycles. The summed E-state index contributed by atoms with van der Waals surface area (Å²) in [4.78, 5) is 31.0. The smallest absolute Gasteiger partial charge is 0.240 e. The van der Waals surface area contributed by atoms with E-state index in [4.69, 9.17) is 4.52 Å². The third-order valence-corrected chi connectivity index (χ3v) is 5.39. The summed E-state index contributed by atoms with van der Waals surface area (Å²) >= 11 is 0. The van der Waals surface area contributed by atoms with Gasteiger partial charge in [0.2, 0.25) is 17.7 Å². The highest BCUT2D eigenvalue weighted by atomic mass is 16.5. The number of amides is 2. The molecule has 1 aliphatic rings. The number of nitrogens with zero attached hydrogens (tertiary/aromatic N) is 3. The van der Waals surface area contributed by atoms with Crippen molar-refractivity contribution in [3.8, 4) is 0 Å². The number of hydrogen-bond donors (Lipinski definition) is 2. The van der Waals surface area contributed by atoms with E-state index in [2.05, 4.69) is 32.9 Å². The van der Waals surface area contributed by atoms with Gasteiger partial charge in [0.25, 0.3) is 0 Å². The Hall–Kier alpha value is -3.52. The molecule has 0 saturated heterocycles. The highest BCUT2D eigenvalue weighted by Crippen LogP contribution is 2.24. The van der Waals surface area contributed by atoms with Gasteiger partial charge in [-0.1, -0.05) is 59.8 Å². The van der Waals surface area contributed by atoms with Crippen molar-refractivity contribution >= 4 is 11.8 Å². The monoisotopic (exact) mass is 419 g/mol. The Morgan fingerprint density at radius 2 is 1.84 bits per heavy atom. The molecule has 4 rings (SSSR count). The lowest BCUT2D eigenvalue weighted by Gasteiger charge is -2.34. The van der Waals surface area contributed by atoms with Crippen molar-refractivity contribution in [3.63, 3.8) is 0 Å². The summed E-state index contributed by atoms with van der Waals surface area (Å²) in [6.07, 6.45) is 0.663. The Bertz CT molecular complexity index is 1050. The Balaban J connectivity index is 1.38. The minimum atomic E-state index is -0.315. The Kier molecular flexibility index (Phi) is 6.37. The van der Waals surface area contributed by atoms with Crippen LogP contribution in [0.25, 0.3) is 0 Å². The molecule has 2 heterocycles. The second-order valence-electron chi connectivity index (χ2n) is 7.55. The van der Waals surface area contributed by atoms with Crippen LogP contribution in [0.5, 0.6) is 0 Å². The zero-order chi connectivity index (χ0) is 21.6. The molecule has 1 atom stereocenters. The van der Waals surface area contributed by atoms with Gasteiger partial charge in [-0.3, -0.25) is 14.5 Å². The van der Waals surface area contributed by atoms with E-state index in [0.29, 0.717) is 37.8 Å². The van der Waals surface area contributed by atoms with Crippen LogP contribution in [0.3, 0.4) is 0 Å². The molecule has 1 aromatic heterocycles. The summed E-state index contributed by atoms with van der Waals surface area (Å²) in [6.45, 7) is 1.40. The van der Waals surface area contributed by atoms with Gasteiger partial charge in [0.05, 0.1) is 19.0 Å². The molecule has 8 nitrogen and oxygen atoms in total. The molecule has 1 aliphatic heterocycles. The normalized spacial score (nSPS) is 15.8. The highest BCUT2D eigenvalue weighted by Gasteiger charge is 2.32. The molecule has 0 aliphatic carbocycles. The molecule has 0 radical (unpaired) electrons. The van der Waals surface area contributed by atoms with Crippen molar-refractivity contribution in [2.45, 2.75) is 38.5 Å². The summed E-state index contributed by atoms with van der Waals surface area (Å²) in [6, 6.07) is 17.5. The van der Waals surface area contributed by atoms with Crippen molar-refractivity contribution < 1.29 is 14.1 Å². The van der Waals surface area contributed by atoms with Crippen LogP contribution in [0.15, 0.2) is 59.1 Å². The lowest BCUT2D eigenvalue weighted by Crippen LogP contribution is -2.49. The first kappa shape index (κ1) is 20.7. The van der Waals surface area contributed by atoms with E-state index < -0.39 is 0 Å². The van der Waals surface area contributed by atoms with Crippen molar-refractivity contribution in [1.29, 1.82) is 0 Å². The summed E-state index contributed by atoms with van der Waals surface area (Å²) in [7, 11) is 1.64. The van der Waals surface area contributed by atoms with E-state index >= 15 is 0 Å². The fraction of sp³-hybridized carbons (Fsp3) is 0.304. The van der Waals surface area contributed by atoms with E-state index in [1.807, 2.05) is 47.4 Å². The number of carbonyl (C=O) groups is 2. The van der Waals surface area contributed by atoms with E-state index in [-0.39, 0.29) is 24.3 Å². The van der Waals surface area contributed by atoms with E-state index in [0.717, 1.165) is 5.56 Å². The largest absolute Gasteiger partial charge is 0.358 e. The first-order valence-corrected chi connectivity index (χ1v) is 10.3. The molecule has 3 aromatic rings. The quantitative estimate of drug-likeness (QED) is 0.603. The van der Waals surface area contributed by atoms with Gasteiger partial charge in [-0.2, -0.15) is 4.98 Å². The molecule has 0 bridgehead atoms. The zero-order valence-corrected chi connectivity index (χ0v) is 17.4. The van der Waals surface area contributed by atoms with Gasteiger partial charge < -0.3 is 15.2 Å². The van der Waals surface area contributed by atoms with Crippen LogP contribution in [0, 0.1) is 0 Å². The standard InChI is InChI=1S/C23H25N5O3/c1-24-23(30)19-11-17-9-5-6-10-18(17)14-28(19)15-22-26-20(27-31-22)12-21(29)25-13-16-7-3-2-4-8-16/h2-10,19H,11-15H2,1H3,(H,24,30)(H,25,29). The van der Waals surface area contributed by atoms with Gasteiger partial charge in [0, 0.05) is 20.1 Å². The number of nitrogens with one attached hydrogen (secondary N) is 2. The van der Waals surface area contributed by atoms with Gasteiger partial charge in [-0.25, -0.2) is 0 Å². The topological polar surface area (TPSA) is 100 Å². The van der Waals surface area contributed by atoms with E-state index in [1.165, 1.54) is 11.1 Å². The summed E-state index contributed by atoms with van der Waals surface area (Å²) in [5, 5.41) is 9.53. The van der Waals surface area contributed by atoms with E-state index in [9.17, 15) is 9.59 Å². The van der Waals surface area contributed by atoms with Crippen LogP contribution in [-0.2, 0) is 42.1 Å². The maximum Gasteiger partial charge on any atom is 0.240 e.